The van der Waals surface area contributed by atoms with Crippen molar-refractivity contribution < 1.29 is 133 Å². The minimum absolute atomic E-state index is 0.0290. The lowest BCUT2D eigenvalue weighted by Crippen LogP contribution is -2.53. The third-order valence-corrected chi connectivity index (χ3v) is 26.5. The average molecular weight is 2030 g/mol. The molecule has 0 aliphatic carbocycles. The Kier molecular flexibility index (Phi) is 33.8. The van der Waals surface area contributed by atoms with E-state index in [1.165, 1.54) is 42.2 Å². The van der Waals surface area contributed by atoms with Gasteiger partial charge in [0.25, 0.3) is 34.4 Å². The van der Waals surface area contributed by atoms with Crippen molar-refractivity contribution in [2.75, 3.05) is 122 Å². The summed E-state index contributed by atoms with van der Waals surface area (Å²) < 4.78 is 242. The van der Waals surface area contributed by atoms with E-state index in [9.17, 15) is 82.7 Å². The molecule has 3 N–H and O–H groups in total. The molecule has 9 aromatic rings. The summed E-state index contributed by atoms with van der Waals surface area (Å²) in [4.78, 5) is 131. The van der Waals surface area contributed by atoms with E-state index in [1.54, 1.807) is 82.0 Å². The van der Waals surface area contributed by atoms with E-state index >= 15 is 17.6 Å². The summed E-state index contributed by atoms with van der Waals surface area (Å²) in [5.74, 6) is -8.81. The maximum absolute atomic E-state index is 15.5. The van der Waals surface area contributed by atoms with Gasteiger partial charge in [-0.2, -0.15) is 39.5 Å². The summed E-state index contributed by atoms with van der Waals surface area (Å²) in [6.07, 6.45) is -9.36. The standard InChI is InChI=1S/C34H37F5N4O6.C34H37F4N3O7.C33H36F4N4O6/c1-5-24-26(6-2)42(3)32(45)29(40-24)21-10-9-18(20-8-7-12-49-30(20)21)14-25(33(46)47-4)41-31(44)28-22(35)15-19(16-23(28)36)43-11-13-48-17-27(43)34(37,38)39;1-18-13-21(41-10-12-47-17-27(41)34(36,37)38)16-24(35)28(18)31(42)39-25(33(44)46-5)15-20-8-9-23(30-22(20)7-6-11-48-30)29-26(45-4)14-19(2)40(3)32(29)43;1-17-13-21(41-10-12-46-16-26(41)33(35,36)37)15-24(34)27(17)30(42)39-25(32(44)45-5)14-20-8-9-23(29-22(20)7-6-11-47-29)28-31(43)40(4)19(3)18(2)38-28/h9-10,15-16,25,27H,5-8,11-14,17H2,1-4H3,(H,41,44);8-9,13-14,16,25,27H,6-7,10-12,15,17H2,1-5H3,(H,39,42);8-9,13,15,25-26H,6-7,10-12,14,16H2,1-5H3,(H,39,42)/t2*25-,27+;25-,26+/m000/s1. The van der Waals surface area contributed by atoms with Crippen molar-refractivity contribution in [2.24, 2.45) is 21.1 Å². The van der Waals surface area contributed by atoms with E-state index in [0.29, 0.717) is 162 Å². The third kappa shape index (κ3) is 22.9. The molecule has 43 heteroatoms. The molecular weight excluding hydrogens is 1920 g/mol. The highest BCUT2D eigenvalue weighted by Crippen LogP contribution is 2.45. The highest BCUT2D eigenvalue weighted by atomic mass is 19.4. The van der Waals surface area contributed by atoms with Crippen LogP contribution in [-0.4, -0.2) is 222 Å². The molecule has 0 radical (unpaired) electrons. The number of aromatic nitrogens is 5. The van der Waals surface area contributed by atoms with Gasteiger partial charge in [0, 0.05) is 117 Å². The third-order valence-electron chi connectivity index (χ3n) is 26.5. The van der Waals surface area contributed by atoms with Gasteiger partial charge in [0.15, 0.2) is 0 Å². The number of esters is 3. The predicted octanol–water partition coefficient (Wildman–Crippen LogP) is 13.0. The van der Waals surface area contributed by atoms with Gasteiger partial charge in [-0.15, -0.1) is 0 Å². The molecule has 6 aliphatic rings. The fourth-order valence-electron chi connectivity index (χ4n) is 18.8. The summed E-state index contributed by atoms with van der Waals surface area (Å²) in [5, 5.41) is 7.45. The van der Waals surface area contributed by atoms with Crippen molar-refractivity contribution in [3.8, 4) is 56.6 Å². The number of rotatable bonds is 24. The number of hydrogen-bond donors (Lipinski definition) is 3. The Hall–Kier alpha value is -13.6. The zero-order valence-corrected chi connectivity index (χ0v) is 81.5. The molecule has 0 bridgehead atoms. The van der Waals surface area contributed by atoms with Gasteiger partial charge in [-0.3, -0.25) is 28.8 Å². The van der Waals surface area contributed by atoms with E-state index in [1.807, 2.05) is 20.8 Å². The smallest absolute Gasteiger partial charge is 0.411 e. The van der Waals surface area contributed by atoms with E-state index in [0.717, 1.165) is 76.4 Å². The minimum Gasteiger partial charge on any atom is -0.496 e. The fraction of sp³-hybridized carbons (Fsp3) is 0.455. The van der Waals surface area contributed by atoms with Crippen LogP contribution in [0.1, 0.15) is 137 Å². The molecule has 30 nitrogen and oxygen atoms in total. The SMILES string of the molecule is CCc1nc(-c2ccc(C[C@H](NC(=O)c3c(F)cc(N4CCOC[C@@H]4C(F)(F)F)cc3F)C(=O)OC)c3c2OCCC3)c(=O)n(C)c1CC.COC(=O)[C@H](Cc1ccc(-c2c(OC)cc(C)n(C)c2=O)c2c1CCCO2)NC(=O)c1c(C)cc(N2CCOC[C@@H]2C(F)(F)F)cc1F.COC(=O)[C@H](Cc1ccc(-c2nc(C)c(C)n(C)c2=O)c2c1CCCO2)NC(=O)c1c(C)cc(N2CCOC[C@@H]2C(F)(F)F)cc1F. The van der Waals surface area contributed by atoms with Crippen LogP contribution in [0.4, 0.5) is 74.1 Å². The average Bonchev–Trinajstić information content (AvgIpc) is 0.753. The van der Waals surface area contributed by atoms with Crippen LogP contribution in [0.25, 0.3) is 33.6 Å². The van der Waals surface area contributed by atoms with Crippen LogP contribution in [0.3, 0.4) is 0 Å². The van der Waals surface area contributed by atoms with Gasteiger partial charge in [-0.25, -0.2) is 41.9 Å². The number of morpholine rings is 3. The van der Waals surface area contributed by atoms with E-state index < -0.39 is 156 Å². The van der Waals surface area contributed by atoms with Crippen LogP contribution in [0.15, 0.2) is 93.2 Å². The molecule has 6 atom stereocenters. The topological polar surface area (TPSA) is 332 Å². The van der Waals surface area contributed by atoms with Crippen LogP contribution < -0.4 is 66.3 Å². The molecule has 0 unspecified atom stereocenters. The number of nitrogens with one attached hydrogen (secondary N) is 3. The number of amides is 3. The molecule has 6 aromatic carbocycles. The Morgan fingerprint density at radius 2 is 0.785 bits per heavy atom. The van der Waals surface area contributed by atoms with Crippen molar-refractivity contribution in [1.29, 1.82) is 0 Å². The lowest BCUT2D eigenvalue weighted by atomic mass is 9.90. The molecule has 0 saturated carbocycles. The maximum atomic E-state index is 15.5. The zero-order valence-electron chi connectivity index (χ0n) is 81.5. The molecule has 774 valence electrons. The number of methoxy groups -OCH3 is 4. The van der Waals surface area contributed by atoms with Crippen molar-refractivity contribution in [3.05, 3.63) is 223 Å². The normalized spacial score (nSPS) is 16.9. The lowest BCUT2D eigenvalue weighted by molar-refractivity contribution is -0.167. The maximum Gasteiger partial charge on any atom is 0.411 e. The summed E-state index contributed by atoms with van der Waals surface area (Å²) in [7, 11) is 9.90. The predicted molar refractivity (Wildman–Crippen MR) is 501 cm³/mol. The van der Waals surface area contributed by atoms with Crippen LogP contribution in [0, 0.1) is 57.9 Å². The number of fused-ring (bicyclic) bond motifs is 3. The number of aryl methyl sites for hydroxylation is 5. The Morgan fingerprint density at radius 1 is 0.438 bits per heavy atom. The summed E-state index contributed by atoms with van der Waals surface area (Å²) in [6, 6.07) is 7.67. The Balaban J connectivity index is 0.000000181. The molecule has 9 heterocycles. The lowest BCUT2D eigenvalue weighted by Gasteiger charge is -2.38. The fourth-order valence-corrected chi connectivity index (χ4v) is 18.8. The van der Waals surface area contributed by atoms with Gasteiger partial charge in [-0.05, 0) is 179 Å². The van der Waals surface area contributed by atoms with Crippen molar-refractivity contribution in [3.63, 3.8) is 0 Å². The summed E-state index contributed by atoms with van der Waals surface area (Å²) in [6.45, 7) is 10.9. The Labute approximate surface area is 818 Å². The second kappa shape index (κ2) is 45.2. The zero-order chi connectivity index (χ0) is 105. The van der Waals surface area contributed by atoms with Gasteiger partial charge in [-0.1, -0.05) is 38.1 Å². The van der Waals surface area contributed by atoms with Gasteiger partial charge in [0.1, 0.15) is 99.5 Å². The van der Waals surface area contributed by atoms with Crippen LogP contribution in [0.2, 0.25) is 0 Å². The largest absolute Gasteiger partial charge is 0.496 e. The van der Waals surface area contributed by atoms with Crippen LogP contribution >= 0.6 is 0 Å². The number of halogens is 13. The first-order chi connectivity index (χ1) is 68.3. The summed E-state index contributed by atoms with van der Waals surface area (Å²) in [5.41, 5.74) is 6.97. The molecule has 3 saturated heterocycles. The molecule has 3 fully saturated rings. The monoisotopic (exact) mass is 2030 g/mol. The number of hydrogen-bond acceptors (Lipinski definition) is 24. The Morgan fingerprint density at radius 3 is 1.14 bits per heavy atom. The van der Waals surface area contributed by atoms with Gasteiger partial charge >= 0.3 is 36.4 Å². The number of ether oxygens (including phenoxy) is 10. The molecular formula is C101H110F13N11O19. The highest BCUT2D eigenvalue weighted by molar-refractivity contribution is 6.00. The second-order valence-electron chi connectivity index (χ2n) is 35.4. The number of carbonyl (C=O) groups is 6. The van der Waals surface area contributed by atoms with Crippen molar-refractivity contribution >= 4 is 52.7 Å². The summed E-state index contributed by atoms with van der Waals surface area (Å²) >= 11 is 0. The number of pyridine rings is 1. The number of alkyl halides is 9. The highest BCUT2D eigenvalue weighted by Gasteiger charge is 2.50. The minimum atomic E-state index is -4.73. The van der Waals surface area contributed by atoms with Gasteiger partial charge in [0.05, 0.1) is 116 Å². The van der Waals surface area contributed by atoms with Crippen LogP contribution in [0.5, 0.6) is 23.0 Å². The van der Waals surface area contributed by atoms with Gasteiger partial charge < -0.3 is 91.7 Å². The van der Waals surface area contributed by atoms with Crippen molar-refractivity contribution in [2.45, 2.75) is 174 Å². The molecule has 3 amide bonds. The first-order valence-corrected chi connectivity index (χ1v) is 46.5. The number of carbonyl (C=O) groups excluding carboxylic acids is 6. The number of benzene rings is 6. The van der Waals surface area contributed by atoms with Crippen molar-refractivity contribution in [1.82, 2.24) is 39.6 Å². The molecule has 3 aromatic heterocycles. The van der Waals surface area contributed by atoms with Crippen LogP contribution in [-0.2, 0) is 115 Å². The van der Waals surface area contributed by atoms with Gasteiger partial charge in [0.2, 0.25) is 0 Å². The van der Waals surface area contributed by atoms with E-state index in [4.69, 9.17) is 52.4 Å². The molecule has 144 heavy (non-hydrogen) atoms. The molecule has 6 aliphatic heterocycles. The van der Waals surface area contributed by atoms with E-state index in [2.05, 4.69) is 20.9 Å². The number of nitrogens with zero attached hydrogens (tertiary/aromatic N) is 8. The molecule has 0 spiro atoms. The second-order valence-corrected chi connectivity index (χ2v) is 35.4. The Bertz CT molecular complexity index is 6530. The number of anilines is 3. The molecule has 15 rings (SSSR count). The quantitative estimate of drug-likeness (QED) is 0.0287. The first kappa shape index (κ1) is 108. The van der Waals surface area contributed by atoms with E-state index in [-0.39, 0.29) is 109 Å². The first-order valence-electron chi connectivity index (χ1n) is 46.5.